The molecular formula is C24H26N6O. The number of hydrogen-bond donors (Lipinski definition) is 1. The van der Waals surface area contributed by atoms with Gasteiger partial charge in [-0.2, -0.15) is 15.0 Å². The van der Waals surface area contributed by atoms with Gasteiger partial charge in [-0.25, -0.2) is 4.98 Å². The number of aromatic nitrogens is 5. The van der Waals surface area contributed by atoms with Crippen molar-refractivity contribution in [3.63, 3.8) is 0 Å². The third-order valence-corrected chi connectivity index (χ3v) is 6.33. The van der Waals surface area contributed by atoms with Gasteiger partial charge in [0.15, 0.2) is 0 Å². The molecular weight excluding hydrogens is 388 g/mol. The molecule has 0 saturated carbocycles. The fourth-order valence-electron chi connectivity index (χ4n) is 4.74. The van der Waals surface area contributed by atoms with Gasteiger partial charge < -0.3 is 9.88 Å². The van der Waals surface area contributed by atoms with Crippen LogP contribution in [-0.4, -0.2) is 42.3 Å². The molecule has 2 aromatic carbocycles. The summed E-state index contributed by atoms with van der Waals surface area (Å²) in [5.41, 5.74) is 6.13. The number of carbonyl (C=O) groups is 1. The summed E-state index contributed by atoms with van der Waals surface area (Å²) in [4.78, 5) is 25.8. The number of rotatable bonds is 3. The maximum absolute atomic E-state index is 13.9. The first kappa shape index (κ1) is 19.5. The lowest BCUT2D eigenvalue weighted by atomic mass is 9.96. The summed E-state index contributed by atoms with van der Waals surface area (Å²) in [6, 6.07) is 10.1. The zero-order valence-corrected chi connectivity index (χ0v) is 18.3. The quantitative estimate of drug-likeness (QED) is 0.544. The second-order valence-corrected chi connectivity index (χ2v) is 8.74. The van der Waals surface area contributed by atoms with Crippen LogP contribution in [0.3, 0.4) is 0 Å². The second-order valence-electron chi connectivity index (χ2n) is 8.74. The average Bonchev–Trinajstić information content (AvgIpc) is 3.47. The predicted molar refractivity (Wildman–Crippen MR) is 119 cm³/mol. The van der Waals surface area contributed by atoms with Gasteiger partial charge >= 0.3 is 0 Å². The molecule has 1 saturated heterocycles. The number of fused-ring (bicyclic) bond motifs is 1. The number of H-pyrrole nitrogens is 1. The van der Waals surface area contributed by atoms with Crippen molar-refractivity contribution in [3.05, 3.63) is 70.8 Å². The molecule has 5 rings (SSSR count). The summed E-state index contributed by atoms with van der Waals surface area (Å²) in [5, 5.41) is 8.49. The first-order valence-corrected chi connectivity index (χ1v) is 10.6. The smallest absolute Gasteiger partial charge is 0.256 e. The standard InChI is InChI=1S/C24H26N6O/c1-15-6-7-20(30-25-9-10-26-30)18(13-15)22(31)29-11-5-8-24(29,4)23-27-19-14-16(2)12-17(3)21(19)28-23/h6-7,9-10,12-14H,5,8,11H2,1-4H3,(H,27,28)/t24-/m0/s1. The van der Waals surface area contributed by atoms with Crippen LogP contribution in [0.5, 0.6) is 0 Å². The van der Waals surface area contributed by atoms with Gasteiger partial charge in [0.2, 0.25) is 0 Å². The van der Waals surface area contributed by atoms with E-state index in [0.717, 1.165) is 40.8 Å². The zero-order valence-electron chi connectivity index (χ0n) is 18.3. The van der Waals surface area contributed by atoms with Crippen LogP contribution in [-0.2, 0) is 5.54 Å². The predicted octanol–water partition coefficient (Wildman–Crippen LogP) is 4.22. The number of nitrogens with zero attached hydrogens (tertiary/aromatic N) is 5. The van der Waals surface area contributed by atoms with Gasteiger partial charge in [0.25, 0.3) is 5.91 Å². The molecule has 0 radical (unpaired) electrons. The van der Waals surface area contributed by atoms with E-state index in [9.17, 15) is 4.79 Å². The van der Waals surface area contributed by atoms with Crippen molar-refractivity contribution in [1.82, 2.24) is 29.9 Å². The van der Waals surface area contributed by atoms with Gasteiger partial charge in [-0.15, -0.1) is 0 Å². The average molecular weight is 415 g/mol. The van der Waals surface area contributed by atoms with Gasteiger partial charge in [-0.1, -0.05) is 17.7 Å². The zero-order chi connectivity index (χ0) is 21.8. The van der Waals surface area contributed by atoms with Crippen LogP contribution in [0.1, 0.15) is 52.6 Å². The number of likely N-dealkylation sites (tertiary alicyclic amines) is 1. The van der Waals surface area contributed by atoms with E-state index in [1.807, 2.05) is 30.0 Å². The Morgan fingerprint density at radius 1 is 1.06 bits per heavy atom. The molecule has 3 heterocycles. The van der Waals surface area contributed by atoms with E-state index >= 15 is 0 Å². The number of nitrogens with one attached hydrogen (secondary N) is 1. The normalized spacial score (nSPS) is 18.8. The summed E-state index contributed by atoms with van der Waals surface area (Å²) >= 11 is 0. The maximum atomic E-state index is 13.9. The highest BCUT2D eigenvalue weighted by atomic mass is 16.2. The van der Waals surface area contributed by atoms with Crippen molar-refractivity contribution < 1.29 is 4.79 Å². The van der Waals surface area contributed by atoms with Crippen molar-refractivity contribution in [2.45, 2.75) is 46.1 Å². The van der Waals surface area contributed by atoms with Crippen molar-refractivity contribution in [3.8, 4) is 5.69 Å². The first-order valence-electron chi connectivity index (χ1n) is 10.6. The Labute approximate surface area is 181 Å². The van der Waals surface area contributed by atoms with Gasteiger partial charge in [0.05, 0.1) is 40.2 Å². The third kappa shape index (κ3) is 3.12. The molecule has 1 aliphatic rings. The number of imidazole rings is 1. The van der Waals surface area contributed by atoms with Crippen LogP contribution in [0.2, 0.25) is 0 Å². The summed E-state index contributed by atoms with van der Waals surface area (Å²) in [7, 11) is 0. The van der Waals surface area contributed by atoms with Crippen molar-refractivity contribution in [1.29, 1.82) is 0 Å². The van der Waals surface area contributed by atoms with E-state index in [1.165, 1.54) is 10.4 Å². The van der Waals surface area contributed by atoms with E-state index in [4.69, 9.17) is 4.98 Å². The lowest BCUT2D eigenvalue weighted by molar-refractivity contribution is 0.0605. The Hall–Kier alpha value is -3.48. The van der Waals surface area contributed by atoms with Gasteiger partial charge in [-0.3, -0.25) is 4.79 Å². The summed E-state index contributed by atoms with van der Waals surface area (Å²) in [6.07, 6.45) is 5.02. The topological polar surface area (TPSA) is 79.7 Å². The van der Waals surface area contributed by atoms with Gasteiger partial charge in [-0.05, 0) is 69.9 Å². The summed E-state index contributed by atoms with van der Waals surface area (Å²) < 4.78 is 0. The van der Waals surface area contributed by atoms with Crippen LogP contribution in [0.15, 0.2) is 42.7 Å². The van der Waals surface area contributed by atoms with Gasteiger partial charge in [0.1, 0.15) is 5.82 Å². The Morgan fingerprint density at radius 3 is 2.61 bits per heavy atom. The highest BCUT2D eigenvalue weighted by molar-refractivity contribution is 5.98. The van der Waals surface area contributed by atoms with Crippen molar-refractivity contribution in [2.75, 3.05) is 6.54 Å². The van der Waals surface area contributed by atoms with E-state index in [2.05, 4.69) is 48.1 Å². The minimum atomic E-state index is -0.505. The van der Waals surface area contributed by atoms with Crippen molar-refractivity contribution in [2.24, 2.45) is 0 Å². The number of amides is 1. The van der Waals surface area contributed by atoms with Gasteiger partial charge in [0, 0.05) is 6.54 Å². The van der Waals surface area contributed by atoms with Crippen LogP contribution < -0.4 is 0 Å². The Balaban J connectivity index is 1.59. The summed E-state index contributed by atoms with van der Waals surface area (Å²) in [5.74, 6) is 0.817. The third-order valence-electron chi connectivity index (χ3n) is 6.33. The first-order chi connectivity index (χ1) is 14.9. The molecule has 0 aliphatic carbocycles. The molecule has 7 heteroatoms. The fraction of sp³-hybridized carbons (Fsp3) is 0.333. The molecule has 1 atom stereocenters. The van der Waals surface area contributed by atoms with Crippen LogP contribution in [0.4, 0.5) is 0 Å². The lowest BCUT2D eigenvalue weighted by Gasteiger charge is -2.34. The molecule has 0 bridgehead atoms. The molecule has 0 unspecified atom stereocenters. The highest BCUT2D eigenvalue weighted by Gasteiger charge is 2.44. The summed E-state index contributed by atoms with van der Waals surface area (Å²) in [6.45, 7) is 8.95. The molecule has 4 aromatic rings. The molecule has 0 spiro atoms. The molecule has 7 nitrogen and oxygen atoms in total. The largest absolute Gasteiger partial charge is 0.340 e. The Bertz CT molecular complexity index is 1290. The van der Waals surface area contributed by atoms with Crippen LogP contribution >= 0.6 is 0 Å². The number of carbonyl (C=O) groups excluding carboxylic acids is 1. The second kappa shape index (κ2) is 7.04. The lowest BCUT2D eigenvalue weighted by Crippen LogP contribution is -2.44. The maximum Gasteiger partial charge on any atom is 0.256 e. The molecule has 1 N–H and O–H groups in total. The number of aryl methyl sites for hydroxylation is 3. The molecule has 1 amide bonds. The molecule has 1 aliphatic heterocycles. The van der Waals surface area contributed by atoms with E-state index in [1.54, 1.807) is 12.4 Å². The Kier molecular flexibility index (Phi) is 4.43. The minimum Gasteiger partial charge on any atom is -0.340 e. The minimum absolute atomic E-state index is 0.0237. The van der Waals surface area contributed by atoms with Crippen LogP contribution in [0, 0.1) is 20.8 Å². The molecule has 1 fully saturated rings. The molecule has 31 heavy (non-hydrogen) atoms. The SMILES string of the molecule is Cc1ccc(-n2nccn2)c(C(=O)N2CCC[C@@]2(C)c2nc3c(C)cc(C)cc3[nH]2)c1. The van der Waals surface area contributed by atoms with E-state index in [0.29, 0.717) is 17.8 Å². The van der Waals surface area contributed by atoms with Crippen molar-refractivity contribution >= 4 is 16.9 Å². The number of aromatic amines is 1. The monoisotopic (exact) mass is 414 g/mol. The fourth-order valence-corrected chi connectivity index (χ4v) is 4.74. The number of benzene rings is 2. The highest BCUT2D eigenvalue weighted by Crippen LogP contribution is 2.39. The number of hydrogen-bond acceptors (Lipinski definition) is 4. The molecule has 158 valence electrons. The Morgan fingerprint density at radius 2 is 1.84 bits per heavy atom. The van der Waals surface area contributed by atoms with E-state index in [-0.39, 0.29) is 5.91 Å². The molecule has 2 aromatic heterocycles. The van der Waals surface area contributed by atoms with E-state index < -0.39 is 5.54 Å². The van der Waals surface area contributed by atoms with Crippen LogP contribution in [0.25, 0.3) is 16.7 Å².